The summed E-state index contributed by atoms with van der Waals surface area (Å²) in [5.41, 5.74) is 3.09. The first-order valence-electron chi connectivity index (χ1n) is 8.15. The molecule has 24 heavy (non-hydrogen) atoms. The summed E-state index contributed by atoms with van der Waals surface area (Å²) >= 11 is 1.41. The van der Waals surface area contributed by atoms with Crippen LogP contribution in [-0.4, -0.2) is 51.6 Å². The summed E-state index contributed by atoms with van der Waals surface area (Å²) in [6.45, 7) is 5.06. The molecule has 7 heteroatoms. The highest BCUT2D eigenvalue weighted by molar-refractivity contribution is 7.99. The number of H-pyrrole nitrogens is 1. The lowest BCUT2D eigenvalue weighted by molar-refractivity contribution is -0.130. The second kappa shape index (κ2) is 7.25. The molecule has 0 saturated carbocycles. The van der Waals surface area contributed by atoms with E-state index in [-0.39, 0.29) is 17.9 Å². The first-order valence-corrected chi connectivity index (χ1v) is 9.14. The second-order valence-corrected chi connectivity index (χ2v) is 7.16. The van der Waals surface area contributed by atoms with E-state index in [0.717, 1.165) is 42.1 Å². The maximum atomic E-state index is 12.1. The molecule has 2 heterocycles. The fraction of sp³-hybridized carbons (Fsp3) is 0.471. The van der Waals surface area contributed by atoms with Crippen LogP contribution < -0.4 is 5.32 Å². The topological polar surface area (TPSA) is 78.1 Å². The average molecular weight is 346 g/mol. The van der Waals surface area contributed by atoms with Crippen molar-refractivity contribution in [2.24, 2.45) is 0 Å². The zero-order chi connectivity index (χ0) is 17.1. The van der Waals surface area contributed by atoms with E-state index >= 15 is 0 Å². The predicted molar refractivity (Wildman–Crippen MR) is 95.0 cm³/mol. The fourth-order valence-corrected chi connectivity index (χ4v) is 3.61. The molecule has 0 unspecified atom stereocenters. The monoisotopic (exact) mass is 346 g/mol. The van der Waals surface area contributed by atoms with Gasteiger partial charge in [-0.1, -0.05) is 17.8 Å². The van der Waals surface area contributed by atoms with E-state index in [9.17, 15) is 9.59 Å². The van der Waals surface area contributed by atoms with Crippen LogP contribution in [0.2, 0.25) is 0 Å². The zero-order valence-electron chi connectivity index (χ0n) is 14.0. The molecule has 0 bridgehead atoms. The minimum atomic E-state index is 0.0120. The Kier molecular flexibility index (Phi) is 5.08. The lowest BCUT2D eigenvalue weighted by Gasteiger charge is -2.31. The number of hydrogen-bond acceptors (Lipinski definition) is 4. The molecular weight excluding hydrogens is 324 g/mol. The fourth-order valence-electron chi connectivity index (χ4n) is 2.91. The van der Waals surface area contributed by atoms with Crippen LogP contribution in [-0.2, 0) is 9.59 Å². The van der Waals surface area contributed by atoms with E-state index in [4.69, 9.17) is 0 Å². The van der Waals surface area contributed by atoms with E-state index in [1.807, 2.05) is 24.0 Å². The third kappa shape index (κ3) is 4.08. The summed E-state index contributed by atoms with van der Waals surface area (Å²) in [6.07, 6.45) is 1.64. The number of aromatic nitrogens is 2. The van der Waals surface area contributed by atoms with Gasteiger partial charge in [-0.15, -0.1) is 0 Å². The van der Waals surface area contributed by atoms with Crippen LogP contribution in [0.1, 0.15) is 25.3 Å². The summed E-state index contributed by atoms with van der Waals surface area (Å²) in [6, 6.07) is 6.22. The Morgan fingerprint density at radius 2 is 2.12 bits per heavy atom. The number of thioether (sulfide) groups is 1. The highest BCUT2D eigenvalue weighted by atomic mass is 32.2. The van der Waals surface area contributed by atoms with Gasteiger partial charge < -0.3 is 15.2 Å². The van der Waals surface area contributed by atoms with Gasteiger partial charge in [0.15, 0.2) is 5.16 Å². The van der Waals surface area contributed by atoms with Gasteiger partial charge >= 0.3 is 0 Å². The first kappa shape index (κ1) is 16.8. The number of benzene rings is 1. The number of carbonyl (C=O) groups is 2. The number of nitrogens with one attached hydrogen (secondary N) is 2. The van der Waals surface area contributed by atoms with Gasteiger partial charge in [-0.05, 0) is 37.5 Å². The summed E-state index contributed by atoms with van der Waals surface area (Å²) in [5, 5.41) is 3.81. The van der Waals surface area contributed by atoms with Gasteiger partial charge in [0.1, 0.15) is 0 Å². The van der Waals surface area contributed by atoms with E-state index in [0.29, 0.717) is 5.75 Å². The molecule has 0 aliphatic carbocycles. The Bertz CT molecular complexity index is 750. The van der Waals surface area contributed by atoms with Crippen molar-refractivity contribution in [1.29, 1.82) is 0 Å². The molecule has 1 aromatic carbocycles. The molecule has 6 nitrogen and oxygen atoms in total. The minimum Gasteiger partial charge on any atom is -0.353 e. The number of aromatic amines is 1. The molecular formula is C17H22N4O2S. The lowest BCUT2D eigenvalue weighted by Crippen LogP contribution is -2.46. The number of amides is 2. The number of likely N-dealkylation sites (tertiary alicyclic amines) is 1. The first-order chi connectivity index (χ1) is 11.5. The van der Waals surface area contributed by atoms with Gasteiger partial charge in [0.05, 0.1) is 16.8 Å². The van der Waals surface area contributed by atoms with E-state index in [1.54, 1.807) is 6.92 Å². The number of hydrogen-bond donors (Lipinski definition) is 2. The molecule has 2 N–H and O–H groups in total. The highest BCUT2D eigenvalue weighted by Gasteiger charge is 2.22. The van der Waals surface area contributed by atoms with Crippen molar-refractivity contribution >= 4 is 34.6 Å². The third-order valence-electron chi connectivity index (χ3n) is 4.26. The molecule has 1 fully saturated rings. The minimum absolute atomic E-state index is 0.0120. The Balaban J connectivity index is 1.47. The van der Waals surface area contributed by atoms with Crippen molar-refractivity contribution in [3.63, 3.8) is 0 Å². The van der Waals surface area contributed by atoms with Gasteiger partial charge in [-0.3, -0.25) is 9.59 Å². The van der Waals surface area contributed by atoms with E-state index in [1.165, 1.54) is 17.3 Å². The number of piperidine rings is 1. The van der Waals surface area contributed by atoms with Gasteiger partial charge in [0, 0.05) is 26.1 Å². The maximum Gasteiger partial charge on any atom is 0.230 e. The standard InChI is InChI=1S/C17H22N4O2S/c1-11-3-4-14-15(9-11)20-17(19-14)24-10-16(23)18-13-5-7-21(8-6-13)12(2)22/h3-4,9,13H,5-8,10H2,1-2H3,(H,18,23)(H,19,20). The Hall–Kier alpha value is -2.02. The normalized spacial score (nSPS) is 15.7. The van der Waals surface area contributed by atoms with Crippen LogP contribution in [0.4, 0.5) is 0 Å². The van der Waals surface area contributed by atoms with Crippen molar-refractivity contribution < 1.29 is 9.59 Å². The van der Waals surface area contributed by atoms with Crippen LogP contribution in [0.3, 0.4) is 0 Å². The van der Waals surface area contributed by atoms with Crippen LogP contribution in [0, 0.1) is 6.92 Å². The summed E-state index contributed by atoms with van der Waals surface area (Å²) in [5.74, 6) is 0.458. The summed E-state index contributed by atoms with van der Waals surface area (Å²) < 4.78 is 0. The zero-order valence-corrected chi connectivity index (χ0v) is 14.8. The Morgan fingerprint density at radius 3 is 2.83 bits per heavy atom. The van der Waals surface area contributed by atoms with Gasteiger partial charge in [-0.25, -0.2) is 4.98 Å². The van der Waals surface area contributed by atoms with Crippen LogP contribution in [0.5, 0.6) is 0 Å². The maximum absolute atomic E-state index is 12.1. The largest absolute Gasteiger partial charge is 0.353 e. The van der Waals surface area contributed by atoms with Crippen molar-refractivity contribution in [1.82, 2.24) is 20.2 Å². The number of nitrogens with zero attached hydrogens (tertiary/aromatic N) is 2. The van der Waals surface area contributed by atoms with Crippen LogP contribution >= 0.6 is 11.8 Å². The Morgan fingerprint density at radius 1 is 1.38 bits per heavy atom. The van der Waals surface area contributed by atoms with Crippen molar-refractivity contribution in [3.8, 4) is 0 Å². The second-order valence-electron chi connectivity index (χ2n) is 6.20. The molecule has 2 aromatic rings. The molecule has 0 spiro atoms. The smallest absolute Gasteiger partial charge is 0.230 e. The summed E-state index contributed by atoms with van der Waals surface area (Å²) in [7, 11) is 0. The number of aryl methyl sites for hydroxylation is 1. The van der Waals surface area contributed by atoms with E-state index < -0.39 is 0 Å². The molecule has 1 aromatic heterocycles. The molecule has 3 rings (SSSR count). The van der Waals surface area contributed by atoms with Gasteiger partial charge in [0.2, 0.25) is 11.8 Å². The molecule has 0 atom stereocenters. The predicted octanol–water partition coefficient (Wildman–Crippen LogP) is 2.09. The van der Waals surface area contributed by atoms with Crippen LogP contribution in [0.25, 0.3) is 11.0 Å². The third-order valence-corrected chi connectivity index (χ3v) is 5.13. The van der Waals surface area contributed by atoms with Crippen molar-refractivity contribution in [2.75, 3.05) is 18.8 Å². The number of carbonyl (C=O) groups excluding carboxylic acids is 2. The molecule has 1 aliphatic rings. The molecule has 1 aliphatic heterocycles. The van der Waals surface area contributed by atoms with E-state index in [2.05, 4.69) is 21.4 Å². The van der Waals surface area contributed by atoms with Gasteiger partial charge in [-0.2, -0.15) is 0 Å². The highest BCUT2D eigenvalue weighted by Crippen LogP contribution is 2.20. The van der Waals surface area contributed by atoms with Crippen LogP contribution in [0.15, 0.2) is 23.4 Å². The number of imidazole rings is 1. The van der Waals surface area contributed by atoms with Crippen molar-refractivity contribution in [3.05, 3.63) is 23.8 Å². The molecule has 128 valence electrons. The van der Waals surface area contributed by atoms with Crippen molar-refractivity contribution in [2.45, 2.75) is 37.9 Å². The quantitative estimate of drug-likeness (QED) is 0.831. The average Bonchev–Trinajstić information content (AvgIpc) is 2.95. The lowest BCUT2D eigenvalue weighted by atomic mass is 10.1. The number of rotatable bonds is 4. The SMILES string of the molecule is CC(=O)N1CCC(NC(=O)CSc2nc3ccc(C)cc3[nH]2)CC1. The molecule has 2 amide bonds. The molecule has 0 radical (unpaired) electrons. The number of fused-ring (bicyclic) bond motifs is 1. The Labute approximate surface area is 145 Å². The molecule has 1 saturated heterocycles. The van der Waals surface area contributed by atoms with Gasteiger partial charge in [0.25, 0.3) is 0 Å². The summed E-state index contributed by atoms with van der Waals surface area (Å²) in [4.78, 5) is 33.0.